The number of non-ortho nitro benzene ring substituents is 1. The molecule has 0 saturated carbocycles. The van der Waals surface area contributed by atoms with E-state index in [2.05, 4.69) is 4.99 Å². The Hall–Kier alpha value is -4.77. The molecule has 1 atom stereocenters. The van der Waals surface area contributed by atoms with E-state index in [1.54, 1.807) is 44.2 Å². The van der Waals surface area contributed by atoms with Crippen molar-refractivity contribution >= 4 is 34.8 Å². The molecule has 1 aliphatic rings. The molecule has 40 heavy (non-hydrogen) atoms. The van der Waals surface area contributed by atoms with Crippen LogP contribution in [0.15, 0.2) is 86.1 Å². The number of nitro benzene ring substituents is 1. The van der Waals surface area contributed by atoms with Crippen LogP contribution in [0.2, 0.25) is 0 Å². The lowest BCUT2D eigenvalue weighted by Crippen LogP contribution is -2.39. The molecule has 0 N–H and O–H groups in total. The van der Waals surface area contributed by atoms with Crippen molar-refractivity contribution in [3.05, 3.63) is 113 Å². The molecule has 4 aromatic rings. The van der Waals surface area contributed by atoms with Gasteiger partial charge in [0.1, 0.15) is 17.6 Å². The third-order valence-corrected chi connectivity index (χ3v) is 7.44. The molecule has 0 radical (unpaired) electrons. The molecule has 204 valence electrons. The Morgan fingerprint density at radius 3 is 2.62 bits per heavy atom. The number of furan rings is 1. The highest BCUT2D eigenvalue weighted by Crippen LogP contribution is 2.34. The second kappa shape index (κ2) is 10.8. The molecule has 0 amide bonds. The van der Waals surface area contributed by atoms with Gasteiger partial charge in [-0.1, -0.05) is 35.6 Å². The van der Waals surface area contributed by atoms with Gasteiger partial charge < -0.3 is 14.1 Å². The summed E-state index contributed by atoms with van der Waals surface area (Å²) in [6.07, 6.45) is 1.79. The smallest absolute Gasteiger partial charge is 0.338 e. The number of hydrogen-bond donors (Lipinski definition) is 0. The summed E-state index contributed by atoms with van der Waals surface area (Å²) in [6.45, 7) is 3.54. The van der Waals surface area contributed by atoms with E-state index >= 15 is 0 Å². The molecule has 0 bridgehead atoms. The fourth-order valence-corrected chi connectivity index (χ4v) is 5.56. The zero-order valence-corrected chi connectivity index (χ0v) is 23.1. The average molecular weight is 559 g/mol. The van der Waals surface area contributed by atoms with Gasteiger partial charge in [-0.3, -0.25) is 19.5 Å². The van der Waals surface area contributed by atoms with Crippen molar-refractivity contribution in [2.75, 3.05) is 25.6 Å². The lowest BCUT2D eigenvalue weighted by Gasteiger charge is -2.22. The van der Waals surface area contributed by atoms with Crippen LogP contribution in [0.5, 0.6) is 0 Å². The van der Waals surface area contributed by atoms with E-state index in [4.69, 9.17) is 9.15 Å². The molecule has 2 aromatic carbocycles. The number of carbonyl (C=O) groups excluding carboxylic acids is 1. The summed E-state index contributed by atoms with van der Waals surface area (Å²) in [7, 11) is 3.91. The van der Waals surface area contributed by atoms with Crippen LogP contribution >= 0.6 is 11.3 Å². The summed E-state index contributed by atoms with van der Waals surface area (Å²) in [5.41, 5.74) is 2.58. The van der Waals surface area contributed by atoms with Crippen LogP contribution in [0.25, 0.3) is 17.4 Å². The van der Waals surface area contributed by atoms with Crippen molar-refractivity contribution in [1.29, 1.82) is 0 Å². The number of esters is 1. The Balaban J connectivity index is 1.65. The van der Waals surface area contributed by atoms with Crippen LogP contribution in [0, 0.1) is 10.1 Å². The highest BCUT2D eigenvalue weighted by atomic mass is 32.1. The van der Waals surface area contributed by atoms with Gasteiger partial charge in [0, 0.05) is 37.5 Å². The Labute approximate surface area is 232 Å². The minimum atomic E-state index is -0.930. The van der Waals surface area contributed by atoms with Crippen molar-refractivity contribution in [3.63, 3.8) is 0 Å². The summed E-state index contributed by atoms with van der Waals surface area (Å²) in [5, 5.41) is 11.3. The fraction of sp³-hybridized carbons (Fsp3) is 0.207. The molecule has 0 unspecified atom stereocenters. The molecular formula is C29H26N4O6S. The molecule has 10 nitrogen and oxygen atoms in total. The normalized spacial score (nSPS) is 15.0. The lowest BCUT2D eigenvalue weighted by molar-refractivity contribution is -0.384. The molecule has 3 heterocycles. The molecule has 0 spiro atoms. The summed E-state index contributed by atoms with van der Waals surface area (Å²) < 4.78 is 13.4. The van der Waals surface area contributed by atoms with Gasteiger partial charge in [-0.2, -0.15) is 0 Å². The number of anilines is 1. The Morgan fingerprint density at radius 1 is 1.20 bits per heavy atom. The van der Waals surface area contributed by atoms with E-state index in [0.717, 1.165) is 11.3 Å². The maximum absolute atomic E-state index is 13.8. The number of hydrogen-bond acceptors (Lipinski definition) is 9. The number of fused-ring (bicyclic) bond motifs is 1. The first kappa shape index (κ1) is 26.8. The summed E-state index contributed by atoms with van der Waals surface area (Å²) in [6, 6.07) is 16.2. The molecule has 5 rings (SSSR count). The minimum Gasteiger partial charge on any atom is -0.463 e. The Morgan fingerprint density at radius 2 is 1.95 bits per heavy atom. The van der Waals surface area contributed by atoms with Gasteiger partial charge in [-0.25, -0.2) is 9.79 Å². The van der Waals surface area contributed by atoms with E-state index < -0.39 is 16.9 Å². The van der Waals surface area contributed by atoms with Gasteiger partial charge in [0.05, 0.1) is 27.3 Å². The Bertz CT molecular complexity index is 1830. The van der Waals surface area contributed by atoms with Gasteiger partial charge in [-0.15, -0.1) is 0 Å². The van der Waals surface area contributed by atoms with Gasteiger partial charge >= 0.3 is 5.97 Å². The second-order valence-corrected chi connectivity index (χ2v) is 10.3. The van der Waals surface area contributed by atoms with Crippen molar-refractivity contribution in [2.45, 2.75) is 19.9 Å². The van der Waals surface area contributed by atoms with Gasteiger partial charge in [-0.05, 0) is 49.8 Å². The maximum Gasteiger partial charge on any atom is 0.338 e. The summed E-state index contributed by atoms with van der Waals surface area (Å²) >= 11 is 1.22. The highest BCUT2D eigenvalue weighted by molar-refractivity contribution is 7.07. The second-order valence-electron chi connectivity index (χ2n) is 9.30. The predicted octanol–water partition coefficient (Wildman–Crippen LogP) is 4.03. The van der Waals surface area contributed by atoms with E-state index in [0.29, 0.717) is 32.1 Å². The van der Waals surface area contributed by atoms with Gasteiger partial charge in [0.2, 0.25) is 0 Å². The summed E-state index contributed by atoms with van der Waals surface area (Å²) in [4.78, 5) is 44.7. The predicted molar refractivity (Wildman–Crippen MR) is 152 cm³/mol. The number of benzene rings is 2. The van der Waals surface area contributed by atoms with E-state index in [9.17, 15) is 19.7 Å². The van der Waals surface area contributed by atoms with E-state index in [-0.39, 0.29) is 23.4 Å². The van der Waals surface area contributed by atoms with Crippen molar-refractivity contribution in [1.82, 2.24) is 4.57 Å². The summed E-state index contributed by atoms with van der Waals surface area (Å²) in [5.74, 6) is 0.0668. The number of thiazole rings is 1. The first-order chi connectivity index (χ1) is 19.2. The zero-order valence-electron chi connectivity index (χ0n) is 22.3. The first-order valence-corrected chi connectivity index (χ1v) is 13.3. The maximum atomic E-state index is 13.8. The SMILES string of the molecule is CCOC(=O)C1=C(C)N=c2s/c(=C\c3ccc(N(C)C)cc3)c(=O)n2[C@@H]1c1ccc(-c2cccc([N+](=O)[O-])c2)o1. The van der Waals surface area contributed by atoms with E-state index in [1.807, 2.05) is 43.3 Å². The number of nitrogens with zero attached hydrogens (tertiary/aromatic N) is 4. The van der Waals surface area contributed by atoms with Crippen LogP contribution in [0.3, 0.4) is 0 Å². The standard InChI is InChI=1S/C29H26N4O6S/c1-5-38-28(35)25-17(2)30-29-32(27(34)24(40-29)15-18-9-11-20(12-10-18)31(3)4)26(25)23-14-13-22(39-23)19-7-6-8-21(16-19)33(36)37/h6-16,26H,5H2,1-4H3/b24-15-/t26-/m1/s1. The number of nitro groups is 1. The van der Waals surface area contributed by atoms with Gasteiger partial charge in [0.25, 0.3) is 11.2 Å². The number of rotatable bonds is 7. The van der Waals surface area contributed by atoms with E-state index in [1.165, 1.54) is 28.0 Å². The average Bonchev–Trinajstić information content (AvgIpc) is 3.53. The third-order valence-electron chi connectivity index (χ3n) is 6.46. The topological polar surface area (TPSA) is 120 Å². The monoisotopic (exact) mass is 558 g/mol. The molecule has 0 aliphatic carbocycles. The van der Waals surface area contributed by atoms with Crippen molar-refractivity contribution < 1.29 is 18.9 Å². The Kier molecular flexibility index (Phi) is 7.22. The lowest BCUT2D eigenvalue weighted by atomic mass is 10.0. The van der Waals surface area contributed by atoms with Crippen LogP contribution in [0.1, 0.15) is 31.2 Å². The van der Waals surface area contributed by atoms with Crippen LogP contribution in [-0.4, -0.2) is 36.2 Å². The third kappa shape index (κ3) is 4.98. The van der Waals surface area contributed by atoms with Crippen LogP contribution in [-0.2, 0) is 9.53 Å². The van der Waals surface area contributed by atoms with Crippen LogP contribution < -0.4 is 19.8 Å². The quantitative estimate of drug-likeness (QED) is 0.191. The number of allylic oxidation sites excluding steroid dienone is 1. The number of aromatic nitrogens is 1. The molecule has 11 heteroatoms. The molecule has 2 aromatic heterocycles. The highest BCUT2D eigenvalue weighted by Gasteiger charge is 2.35. The molecule has 1 aliphatic heterocycles. The zero-order chi connectivity index (χ0) is 28.6. The van der Waals surface area contributed by atoms with Crippen molar-refractivity contribution in [2.24, 2.45) is 4.99 Å². The first-order valence-electron chi connectivity index (χ1n) is 12.5. The minimum absolute atomic E-state index is 0.0787. The molecular weight excluding hydrogens is 532 g/mol. The number of ether oxygens (including phenoxy) is 1. The van der Waals surface area contributed by atoms with Gasteiger partial charge in [0.15, 0.2) is 4.80 Å². The molecule has 0 fully saturated rings. The fourth-order valence-electron chi connectivity index (χ4n) is 4.51. The molecule has 0 saturated heterocycles. The number of carbonyl (C=O) groups is 1. The van der Waals surface area contributed by atoms with Crippen LogP contribution in [0.4, 0.5) is 11.4 Å². The largest absolute Gasteiger partial charge is 0.463 e. The van der Waals surface area contributed by atoms with Crippen molar-refractivity contribution in [3.8, 4) is 11.3 Å².